The van der Waals surface area contributed by atoms with Crippen LogP contribution >= 0.6 is 0 Å². The largest absolute Gasteiger partial charge is 0.339 e. The Morgan fingerprint density at radius 3 is 2.71 bits per heavy atom. The Labute approximate surface area is 202 Å². The van der Waals surface area contributed by atoms with Crippen LogP contribution in [-0.2, 0) is 6.42 Å². The lowest BCUT2D eigenvalue weighted by Gasteiger charge is -2.23. The highest BCUT2D eigenvalue weighted by Crippen LogP contribution is 2.32. The molecule has 0 radical (unpaired) electrons. The number of hydrogen-bond acceptors (Lipinski definition) is 3. The third-order valence-electron chi connectivity index (χ3n) is 7.03. The van der Waals surface area contributed by atoms with Gasteiger partial charge in [0.1, 0.15) is 5.82 Å². The minimum atomic E-state index is -0.411. The SMILES string of the molecule is Cc1cncc2c1c(C[C@H]1CCN(CC(C)C)C1)cn2-c1ccc(F)cc1C(=O)N(C)C(C)C. The smallest absolute Gasteiger partial charge is 0.256 e. The Balaban J connectivity index is 1.76. The Hall–Kier alpha value is -2.73. The standard InChI is InChI=1S/C28H37FN4O/c1-18(2)15-32-10-9-21(16-32)11-22-17-33(26-14-30-13-20(5)27(22)26)25-8-7-23(29)12-24(25)28(34)31(6)19(3)4/h7-8,12-14,17-19,21H,9-11,15-16H2,1-6H3/t21-/m1/s1. The van der Waals surface area contributed by atoms with Crippen molar-refractivity contribution < 1.29 is 9.18 Å². The van der Waals surface area contributed by atoms with Crippen molar-refractivity contribution in [1.29, 1.82) is 0 Å². The number of halogens is 1. The van der Waals surface area contributed by atoms with E-state index in [0.29, 0.717) is 23.1 Å². The first kappa shape index (κ1) is 24.4. The molecule has 1 atom stereocenters. The summed E-state index contributed by atoms with van der Waals surface area (Å²) in [5, 5.41) is 1.19. The van der Waals surface area contributed by atoms with Gasteiger partial charge in [-0.3, -0.25) is 9.78 Å². The molecule has 34 heavy (non-hydrogen) atoms. The highest BCUT2D eigenvalue weighted by atomic mass is 19.1. The van der Waals surface area contributed by atoms with Gasteiger partial charge in [-0.1, -0.05) is 13.8 Å². The number of pyridine rings is 1. The highest BCUT2D eigenvalue weighted by molar-refractivity contribution is 5.99. The molecule has 1 aliphatic rings. The second-order valence-electron chi connectivity index (χ2n) is 10.6. The number of aryl methyl sites for hydroxylation is 1. The van der Waals surface area contributed by atoms with Gasteiger partial charge in [0.2, 0.25) is 0 Å². The van der Waals surface area contributed by atoms with E-state index in [4.69, 9.17) is 0 Å². The van der Waals surface area contributed by atoms with Crippen LogP contribution in [0, 0.1) is 24.6 Å². The number of nitrogens with zero attached hydrogens (tertiary/aromatic N) is 4. The predicted octanol–water partition coefficient (Wildman–Crippen LogP) is 5.47. The van der Waals surface area contributed by atoms with Crippen molar-refractivity contribution in [3.63, 3.8) is 0 Å². The van der Waals surface area contributed by atoms with Crippen molar-refractivity contribution in [3.05, 3.63) is 59.3 Å². The average molecular weight is 465 g/mol. The quantitative estimate of drug-likeness (QED) is 0.465. The number of hydrogen-bond donors (Lipinski definition) is 0. The summed E-state index contributed by atoms with van der Waals surface area (Å²) in [5.41, 5.74) is 4.41. The molecule has 1 aliphatic heterocycles. The summed E-state index contributed by atoms with van der Waals surface area (Å²) in [4.78, 5) is 21.9. The van der Waals surface area contributed by atoms with E-state index in [1.807, 2.05) is 30.8 Å². The van der Waals surface area contributed by atoms with Crippen LogP contribution in [0.4, 0.5) is 4.39 Å². The second-order valence-corrected chi connectivity index (χ2v) is 10.6. The average Bonchev–Trinajstić information content (AvgIpc) is 3.37. The van der Waals surface area contributed by atoms with Gasteiger partial charge in [0.15, 0.2) is 0 Å². The predicted molar refractivity (Wildman–Crippen MR) is 136 cm³/mol. The number of carbonyl (C=O) groups excluding carboxylic acids is 1. The van der Waals surface area contributed by atoms with Crippen LogP contribution in [0.3, 0.4) is 0 Å². The van der Waals surface area contributed by atoms with Crippen LogP contribution in [-0.4, -0.2) is 58.0 Å². The number of fused-ring (bicyclic) bond motifs is 1. The minimum Gasteiger partial charge on any atom is -0.339 e. The molecule has 0 spiro atoms. The monoisotopic (exact) mass is 464 g/mol. The summed E-state index contributed by atoms with van der Waals surface area (Å²) in [6, 6.07) is 4.51. The Bertz CT molecular complexity index is 1180. The zero-order chi connectivity index (χ0) is 24.6. The van der Waals surface area contributed by atoms with E-state index in [9.17, 15) is 9.18 Å². The van der Waals surface area contributed by atoms with Gasteiger partial charge < -0.3 is 14.4 Å². The van der Waals surface area contributed by atoms with E-state index in [0.717, 1.165) is 37.1 Å². The lowest BCUT2D eigenvalue weighted by atomic mass is 9.97. The highest BCUT2D eigenvalue weighted by Gasteiger charge is 2.26. The summed E-state index contributed by atoms with van der Waals surface area (Å²) in [7, 11) is 1.76. The van der Waals surface area contributed by atoms with Gasteiger partial charge >= 0.3 is 0 Å². The molecule has 182 valence electrons. The van der Waals surface area contributed by atoms with Gasteiger partial charge in [-0.2, -0.15) is 0 Å². The molecule has 0 unspecified atom stereocenters. The van der Waals surface area contributed by atoms with Crippen LogP contribution in [0.15, 0.2) is 36.8 Å². The summed E-state index contributed by atoms with van der Waals surface area (Å²) >= 11 is 0. The fourth-order valence-electron chi connectivity index (χ4n) is 5.18. The van der Waals surface area contributed by atoms with E-state index in [1.165, 1.54) is 29.5 Å². The lowest BCUT2D eigenvalue weighted by Crippen LogP contribution is -2.33. The molecule has 3 heterocycles. The molecule has 3 aromatic rings. The van der Waals surface area contributed by atoms with E-state index < -0.39 is 5.82 Å². The van der Waals surface area contributed by atoms with Crippen molar-refractivity contribution in [3.8, 4) is 5.69 Å². The molecule has 1 aromatic carbocycles. The molecular formula is C28H37FN4O. The second kappa shape index (κ2) is 9.87. The van der Waals surface area contributed by atoms with Crippen molar-refractivity contribution in [2.75, 3.05) is 26.7 Å². The molecule has 6 heteroatoms. The van der Waals surface area contributed by atoms with Crippen LogP contribution in [0.1, 0.15) is 55.6 Å². The number of aromatic nitrogens is 2. The number of likely N-dealkylation sites (tertiary alicyclic amines) is 1. The molecular weight excluding hydrogens is 427 g/mol. The summed E-state index contributed by atoms with van der Waals surface area (Å²) in [6.45, 7) is 14.0. The first-order chi connectivity index (χ1) is 16.2. The van der Waals surface area contributed by atoms with Gasteiger partial charge in [0.25, 0.3) is 5.91 Å². The van der Waals surface area contributed by atoms with Crippen LogP contribution in [0.5, 0.6) is 0 Å². The van der Waals surface area contributed by atoms with E-state index in [2.05, 4.69) is 36.9 Å². The van der Waals surface area contributed by atoms with Crippen LogP contribution in [0.25, 0.3) is 16.6 Å². The van der Waals surface area contributed by atoms with Gasteiger partial charge in [-0.25, -0.2) is 4.39 Å². The maximum absolute atomic E-state index is 14.3. The maximum atomic E-state index is 14.3. The van der Waals surface area contributed by atoms with E-state index in [1.54, 1.807) is 18.0 Å². The molecule has 0 bridgehead atoms. The third-order valence-corrected chi connectivity index (χ3v) is 7.03. The van der Waals surface area contributed by atoms with Gasteiger partial charge in [0.05, 0.1) is 23.0 Å². The molecule has 2 aromatic heterocycles. The van der Waals surface area contributed by atoms with Crippen LogP contribution in [0.2, 0.25) is 0 Å². The van der Waals surface area contributed by atoms with Crippen molar-refractivity contribution in [2.45, 2.75) is 53.5 Å². The maximum Gasteiger partial charge on any atom is 0.256 e. The fourth-order valence-corrected chi connectivity index (χ4v) is 5.18. The first-order valence-corrected chi connectivity index (χ1v) is 12.4. The first-order valence-electron chi connectivity index (χ1n) is 12.4. The molecule has 1 saturated heterocycles. The molecule has 1 fully saturated rings. The molecule has 0 saturated carbocycles. The van der Waals surface area contributed by atoms with Crippen molar-refractivity contribution in [1.82, 2.24) is 19.4 Å². The van der Waals surface area contributed by atoms with Crippen LogP contribution < -0.4 is 0 Å². The molecule has 4 rings (SSSR count). The number of amides is 1. The minimum absolute atomic E-state index is 0.0145. The zero-order valence-electron chi connectivity index (χ0n) is 21.3. The van der Waals surface area contributed by atoms with E-state index in [-0.39, 0.29) is 11.9 Å². The Morgan fingerprint density at radius 1 is 1.24 bits per heavy atom. The molecule has 0 aliphatic carbocycles. The van der Waals surface area contributed by atoms with Gasteiger partial charge in [-0.05, 0) is 81.3 Å². The van der Waals surface area contributed by atoms with Gasteiger partial charge in [-0.15, -0.1) is 0 Å². The Kier molecular flexibility index (Phi) is 7.08. The zero-order valence-corrected chi connectivity index (χ0v) is 21.3. The van der Waals surface area contributed by atoms with Crippen molar-refractivity contribution >= 4 is 16.8 Å². The third kappa shape index (κ3) is 4.88. The summed E-state index contributed by atoms with van der Waals surface area (Å²) in [6.07, 6.45) is 8.08. The molecule has 5 nitrogen and oxygen atoms in total. The summed E-state index contributed by atoms with van der Waals surface area (Å²) in [5.74, 6) is 0.680. The normalized spacial score (nSPS) is 16.8. The Morgan fingerprint density at radius 2 is 2.00 bits per heavy atom. The van der Waals surface area contributed by atoms with E-state index >= 15 is 0 Å². The number of rotatable bonds is 7. The number of benzene rings is 1. The fraction of sp³-hybridized carbons (Fsp3) is 0.500. The molecule has 1 amide bonds. The summed E-state index contributed by atoms with van der Waals surface area (Å²) < 4.78 is 16.3. The lowest BCUT2D eigenvalue weighted by molar-refractivity contribution is 0.0754. The topological polar surface area (TPSA) is 41.4 Å². The number of carbonyl (C=O) groups is 1. The van der Waals surface area contributed by atoms with Crippen molar-refractivity contribution in [2.24, 2.45) is 11.8 Å². The molecule has 0 N–H and O–H groups in total. The van der Waals surface area contributed by atoms with Gasteiger partial charge in [0, 0.05) is 44.0 Å².